The highest BCUT2D eigenvalue weighted by Gasteiger charge is 2.32. The quantitative estimate of drug-likeness (QED) is 0.592. The first-order valence-corrected chi connectivity index (χ1v) is 6.91. The maximum atomic E-state index is 13.5. The Kier molecular flexibility index (Phi) is 4.56. The molecule has 5 heteroatoms. The van der Waals surface area contributed by atoms with Crippen molar-refractivity contribution in [1.82, 2.24) is 0 Å². The highest BCUT2D eigenvalue weighted by atomic mass is 79.9. The Bertz CT molecular complexity index is 386. The summed E-state index contributed by atoms with van der Waals surface area (Å²) in [4.78, 5) is 11.0. The number of carbonyl (C=O) groups excluding carboxylic acids is 1. The number of rotatable bonds is 3. The van der Waals surface area contributed by atoms with E-state index >= 15 is 0 Å². The SMILES string of the molecule is COC(=O)C(Br)C1=CC(F)CC=C1C1CCOC1. The van der Waals surface area contributed by atoms with Crippen LogP contribution in [0.2, 0.25) is 0 Å². The Morgan fingerprint density at radius 3 is 3.06 bits per heavy atom. The number of alkyl halides is 2. The van der Waals surface area contributed by atoms with Crippen molar-refractivity contribution < 1.29 is 18.7 Å². The van der Waals surface area contributed by atoms with Gasteiger partial charge in [0.05, 0.1) is 13.7 Å². The molecule has 3 atom stereocenters. The lowest BCUT2D eigenvalue weighted by atomic mass is 9.85. The van der Waals surface area contributed by atoms with E-state index < -0.39 is 17.0 Å². The van der Waals surface area contributed by atoms with Crippen LogP contribution in [0.1, 0.15) is 12.8 Å². The second-order valence-corrected chi connectivity index (χ2v) is 5.40. The van der Waals surface area contributed by atoms with E-state index in [4.69, 9.17) is 9.47 Å². The first kappa shape index (κ1) is 13.7. The monoisotopic (exact) mass is 318 g/mol. The zero-order valence-electron chi connectivity index (χ0n) is 10.2. The zero-order chi connectivity index (χ0) is 13.1. The molecule has 3 unspecified atom stereocenters. The molecule has 0 bridgehead atoms. The number of halogens is 2. The van der Waals surface area contributed by atoms with Gasteiger partial charge in [0.2, 0.25) is 0 Å². The summed E-state index contributed by atoms with van der Waals surface area (Å²) in [5, 5.41) is 0. The largest absolute Gasteiger partial charge is 0.468 e. The second kappa shape index (κ2) is 5.97. The van der Waals surface area contributed by atoms with Crippen molar-refractivity contribution in [3.63, 3.8) is 0 Å². The van der Waals surface area contributed by atoms with E-state index in [1.165, 1.54) is 13.2 Å². The van der Waals surface area contributed by atoms with Gasteiger partial charge >= 0.3 is 5.97 Å². The highest BCUT2D eigenvalue weighted by molar-refractivity contribution is 9.10. The van der Waals surface area contributed by atoms with E-state index in [-0.39, 0.29) is 5.92 Å². The van der Waals surface area contributed by atoms with Gasteiger partial charge in [0.15, 0.2) is 0 Å². The molecule has 0 N–H and O–H groups in total. The molecule has 1 saturated heterocycles. The third kappa shape index (κ3) is 2.83. The molecule has 2 aliphatic rings. The van der Waals surface area contributed by atoms with Crippen molar-refractivity contribution in [1.29, 1.82) is 0 Å². The van der Waals surface area contributed by atoms with Crippen molar-refractivity contribution in [2.45, 2.75) is 23.8 Å². The second-order valence-electron chi connectivity index (χ2n) is 4.48. The van der Waals surface area contributed by atoms with Crippen LogP contribution in [0, 0.1) is 5.92 Å². The summed E-state index contributed by atoms with van der Waals surface area (Å²) in [5.74, 6) is -0.145. The van der Waals surface area contributed by atoms with Crippen LogP contribution in [0.5, 0.6) is 0 Å². The Morgan fingerprint density at radius 2 is 2.44 bits per heavy atom. The lowest BCUT2D eigenvalue weighted by Crippen LogP contribution is -2.24. The molecule has 0 aromatic carbocycles. The molecule has 1 heterocycles. The summed E-state index contributed by atoms with van der Waals surface area (Å²) in [6.07, 6.45) is 3.66. The van der Waals surface area contributed by atoms with Crippen LogP contribution in [0.15, 0.2) is 23.3 Å². The molecule has 2 rings (SSSR count). The summed E-state index contributed by atoms with van der Waals surface area (Å²) >= 11 is 3.29. The number of ether oxygens (including phenoxy) is 2. The van der Waals surface area contributed by atoms with Gasteiger partial charge in [-0.05, 0) is 23.6 Å². The van der Waals surface area contributed by atoms with E-state index in [0.29, 0.717) is 18.6 Å². The highest BCUT2D eigenvalue weighted by Crippen LogP contribution is 2.35. The van der Waals surface area contributed by atoms with Gasteiger partial charge in [-0.15, -0.1) is 0 Å². The van der Waals surface area contributed by atoms with E-state index in [1.54, 1.807) is 0 Å². The minimum Gasteiger partial charge on any atom is -0.468 e. The van der Waals surface area contributed by atoms with Crippen molar-refractivity contribution >= 4 is 21.9 Å². The minimum atomic E-state index is -1.03. The number of allylic oxidation sites excluding steroid dienone is 2. The Balaban J connectivity index is 2.21. The Morgan fingerprint density at radius 1 is 1.67 bits per heavy atom. The van der Waals surface area contributed by atoms with Crippen LogP contribution in [-0.4, -0.2) is 37.3 Å². The molecule has 1 fully saturated rings. The molecule has 0 radical (unpaired) electrons. The molecule has 0 spiro atoms. The van der Waals surface area contributed by atoms with Gasteiger partial charge in [-0.3, -0.25) is 4.79 Å². The predicted molar refractivity (Wildman–Crippen MR) is 69.3 cm³/mol. The maximum absolute atomic E-state index is 13.5. The molecule has 1 aliphatic carbocycles. The van der Waals surface area contributed by atoms with Crippen molar-refractivity contribution in [2.75, 3.05) is 20.3 Å². The molecular formula is C13H16BrFO3. The van der Waals surface area contributed by atoms with Crippen molar-refractivity contribution in [3.8, 4) is 0 Å². The van der Waals surface area contributed by atoms with Gasteiger partial charge in [0.1, 0.15) is 11.0 Å². The number of esters is 1. The van der Waals surface area contributed by atoms with Crippen molar-refractivity contribution in [2.24, 2.45) is 5.92 Å². The van der Waals surface area contributed by atoms with Crippen LogP contribution in [-0.2, 0) is 14.3 Å². The van der Waals surface area contributed by atoms with Gasteiger partial charge in [0, 0.05) is 18.9 Å². The van der Waals surface area contributed by atoms with Crippen LogP contribution in [0.3, 0.4) is 0 Å². The first-order chi connectivity index (χ1) is 8.63. The number of hydrogen-bond donors (Lipinski definition) is 0. The number of hydrogen-bond acceptors (Lipinski definition) is 3. The summed E-state index contributed by atoms with van der Waals surface area (Å²) in [6, 6.07) is 0. The van der Waals surface area contributed by atoms with Crippen LogP contribution >= 0.6 is 15.9 Å². The zero-order valence-corrected chi connectivity index (χ0v) is 11.8. The average molecular weight is 319 g/mol. The lowest BCUT2D eigenvalue weighted by Gasteiger charge is -2.24. The van der Waals surface area contributed by atoms with E-state index in [9.17, 15) is 9.18 Å². The van der Waals surface area contributed by atoms with Gasteiger partial charge in [-0.25, -0.2) is 4.39 Å². The van der Waals surface area contributed by atoms with Crippen LogP contribution in [0.25, 0.3) is 0 Å². The molecule has 1 aliphatic heterocycles. The fourth-order valence-corrected chi connectivity index (χ4v) is 2.96. The Hall–Kier alpha value is -0.680. The van der Waals surface area contributed by atoms with Gasteiger partial charge in [-0.2, -0.15) is 0 Å². The summed E-state index contributed by atoms with van der Waals surface area (Å²) in [6.45, 7) is 1.36. The van der Waals surface area contributed by atoms with Gasteiger partial charge in [0.25, 0.3) is 0 Å². The van der Waals surface area contributed by atoms with Crippen LogP contribution in [0.4, 0.5) is 4.39 Å². The molecule has 100 valence electrons. The molecule has 18 heavy (non-hydrogen) atoms. The topological polar surface area (TPSA) is 35.5 Å². The summed E-state index contributed by atoms with van der Waals surface area (Å²) in [7, 11) is 1.33. The average Bonchev–Trinajstić information content (AvgIpc) is 2.90. The van der Waals surface area contributed by atoms with Gasteiger partial charge < -0.3 is 9.47 Å². The molecular weight excluding hydrogens is 303 g/mol. The maximum Gasteiger partial charge on any atom is 0.323 e. The molecule has 0 aromatic rings. The normalized spacial score (nSPS) is 29.5. The Labute approximate surface area is 114 Å². The van der Waals surface area contributed by atoms with E-state index in [1.807, 2.05) is 6.08 Å². The third-order valence-corrected chi connectivity index (χ3v) is 4.17. The molecule has 0 aromatic heterocycles. The van der Waals surface area contributed by atoms with E-state index in [0.717, 1.165) is 18.6 Å². The summed E-state index contributed by atoms with van der Waals surface area (Å²) in [5.41, 5.74) is 1.71. The predicted octanol–water partition coefficient (Wildman–Crippen LogP) is 2.55. The van der Waals surface area contributed by atoms with Crippen molar-refractivity contribution in [3.05, 3.63) is 23.3 Å². The molecule has 0 amide bonds. The lowest BCUT2D eigenvalue weighted by molar-refractivity contribution is -0.139. The van der Waals surface area contributed by atoms with Gasteiger partial charge in [-0.1, -0.05) is 22.0 Å². The number of carbonyl (C=O) groups is 1. The molecule has 3 nitrogen and oxygen atoms in total. The summed E-state index contributed by atoms with van der Waals surface area (Å²) < 4.78 is 23.6. The fourth-order valence-electron chi connectivity index (χ4n) is 2.36. The standard InChI is InChI=1S/C13H16BrFO3/c1-17-13(16)12(14)11-6-9(15)2-3-10(11)8-4-5-18-7-8/h3,6,8-9,12H,2,4-5,7H2,1H3. The smallest absolute Gasteiger partial charge is 0.323 e. The van der Waals surface area contributed by atoms with Crippen LogP contribution < -0.4 is 0 Å². The number of methoxy groups -OCH3 is 1. The van der Waals surface area contributed by atoms with E-state index in [2.05, 4.69) is 15.9 Å². The first-order valence-electron chi connectivity index (χ1n) is 5.99. The fraction of sp³-hybridized carbons (Fsp3) is 0.615. The third-order valence-electron chi connectivity index (χ3n) is 3.31. The minimum absolute atomic E-state index is 0.258. The molecule has 0 saturated carbocycles.